The summed E-state index contributed by atoms with van der Waals surface area (Å²) in [6.07, 6.45) is 4.82. The molecule has 0 atom stereocenters. The molecule has 0 saturated heterocycles. The van der Waals surface area contributed by atoms with Crippen LogP contribution in [0.1, 0.15) is 15.9 Å². The summed E-state index contributed by atoms with van der Waals surface area (Å²) in [4.78, 5) is 18.3. The number of hydrogen-bond acceptors (Lipinski definition) is 5. The van der Waals surface area contributed by atoms with Gasteiger partial charge in [-0.2, -0.15) is 10.2 Å². The first-order valence-electron chi connectivity index (χ1n) is 9.24. The highest BCUT2D eigenvalue weighted by Crippen LogP contribution is 2.26. The minimum atomic E-state index is -0.385. The first kappa shape index (κ1) is 19.7. The van der Waals surface area contributed by atoms with Crippen LogP contribution >= 0.6 is 34.5 Å². The van der Waals surface area contributed by atoms with Crippen molar-refractivity contribution in [3.05, 3.63) is 87.6 Å². The molecule has 4 aromatic heterocycles. The second-order valence-electron chi connectivity index (χ2n) is 6.70. The topological polar surface area (TPSA) is 77.1 Å². The average molecular weight is 469 g/mol. The molecule has 0 bridgehead atoms. The molecule has 5 aromatic rings. The van der Waals surface area contributed by atoms with Gasteiger partial charge in [0.2, 0.25) is 0 Å². The van der Waals surface area contributed by atoms with E-state index in [9.17, 15) is 4.79 Å². The Balaban J connectivity index is 1.39. The first-order chi connectivity index (χ1) is 15.1. The van der Waals surface area contributed by atoms with Crippen molar-refractivity contribution in [3.8, 4) is 10.6 Å². The van der Waals surface area contributed by atoms with Crippen molar-refractivity contribution in [2.24, 2.45) is 0 Å². The predicted molar refractivity (Wildman–Crippen MR) is 122 cm³/mol. The van der Waals surface area contributed by atoms with Crippen molar-refractivity contribution >= 4 is 51.9 Å². The zero-order chi connectivity index (χ0) is 21.4. The Hall–Kier alpha value is -3.20. The summed E-state index contributed by atoms with van der Waals surface area (Å²) in [6, 6.07) is 13.3. The van der Waals surface area contributed by atoms with Crippen LogP contribution in [-0.2, 0) is 6.54 Å². The third kappa shape index (κ3) is 3.93. The van der Waals surface area contributed by atoms with Gasteiger partial charge >= 0.3 is 0 Å². The van der Waals surface area contributed by atoms with Gasteiger partial charge in [-0.3, -0.25) is 9.48 Å². The second kappa shape index (κ2) is 8.14. The number of carbonyl (C=O) groups is 1. The third-order valence-corrected chi connectivity index (χ3v) is 6.05. The lowest BCUT2D eigenvalue weighted by atomic mass is 10.2. The largest absolute Gasteiger partial charge is 0.304 e. The van der Waals surface area contributed by atoms with Crippen LogP contribution in [0.4, 0.5) is 5.82 Å². The predicted octanol–water partition coefficient (Wildman–Crippen LogP) is 5.26. The Morgan fingerprint density at radius 3 is 2.74 bits per heavy atom. The molecule has 154 valence electrons. The van der Waals surface area contributed by atoms with E-state index in [2.05, 4.69) is 20.5 Å². The van der Waals surface area contributed by atoms with E-state index in [1.165, 1.54) is 6.20 Å². The molecular formula is C21H14Cl2N6OS. The molecule has 0 aliphatic carbocycles. The monoisotopic (exact) mass is 468 g/mol. The van der Waals surface area contributed by atoms with Gasteiger partial charge in [0, 0.05) is 17.4 Å². The number of benzene rings is 1. The van der Waals surface area contributed by atoms with Gasteiger partial charge in [-0.05, 0) is 35.2 Å². The van der Waals surface area contributed by atoms with Crippen molar-refractivity contribution in [2.75, 3.05) is 5.32 Å². The second-order valence-corrected chi connectivity index (χ2v) is 8.50. The van der Waals surface area contributed by atoms with E-state index in [0.717, 1.165) is 16.1 Å². The van der Waals surface area contributed by atoms with Crippen LogP contribution in [0.15, 0.2) is 66.4 Å². The lowest BCUT2D eigenvalue weighted by Gasteiger charge is -2.04. The lowest BCUT2D eigenvalue weighted by Crippen LogP contribution is -2.13. The summed E-state index contributed by atoms with van der Waals surface area (Å²) < 4.78 is 3.31. The minimum Gasteiger partial charge on any atom is -0.304 e. The first-order valence-corrected chi connectivity index (χ1v) is 10.9. The zero-order valence-electron chi connectivity index (χ0n) is 15.9. The summed E-state index contributed by atoms with van der Waals surface area (Å²) in [5, 5.41) is 14.5. The summed E-state index contributed by atoms with van der Waals surface area (Å²) in [6.45, 7) is 0.495. The molecule has 0 aliphatic rings. The quantitative estimate of drug-likeness (QED) is 0.381. The van der Waals surface area contributed by atoms with E-state index in [0.29, 0.717) is 27.8 Å². The van der Waals surface area contributed by atoms with Gasteiger partial charge in [0.05, 0.1) is 23.3 Å². The van der Waals surface area contributed by atoms with E-state index in [1.54, 1.807) is 32.9 Å². The molecule has 10 heteroatoms. The highest BCUT2D eigenvalue weighted by Gasteiger charge is 2.19. The number of halogens is 2. The Kier molecular flexibility index (Phi) is 5.19. The van der Waals surface area contributed by atoms with Gasteiger partial charge < -0.3 is 5.32 Å². The van der Waals surface area contributed by atoms with Gasteiger partial charge in [0.25, 0.3) is 5.91 Å². The molecule has 0 unspecified atom stereocenters. The molecule has 0 aliphatic heterocycles. The van der Waals surface area contributed by atoms with Crippen LogP contribution in [0.2, 0.25) is 10.0 Å². The number of amides is 1. The van der Waals surface area contributed by atoms with E-state index in [1.807, 2.05) is 47.8 Å². The Labute approximate surface area is 190 Å². The summed E-state index contributed by atoms with van der Waals surface area (Å²) in [7, 11) is 0. The standard InChI is InChI=1S/C21H14Cl2N6OS/c22-14-5-3-13(4-6-14)11-28-12-16(23)19(27-28)26-21(30)15-10-25-29-17(7-8-24-20(15)29)18-2-1-9-31-18/h1-10,12H,11H2,(H,26,27,30). The van der Waals surface area contributed by atoms with E-state index >= 15 is 0 Å². The van der Waals surface area contributed by atoms with Crippen LogP contribution in [0.25, 0.3) is 16.2 Å². The zero-order valence-corrected chi connectivity index (χ0v) is 18.2. The van der Waals surface area contributed by atoms with Crippen LogP contribution in [-0.4, -0.2) is 30.3 Å². The molecule has 1 N–H and O–H groups in total. The third-order valence-electron chi connectivity index (χ3n) is 4.63. The fourth-order valence-corrected chi connectivity index (χ4v) is 4.24. The molecule has 31 heavy (non-hydrogen) atoms. The number of hydrogen-bond donors (Lipinski definition) is 1. The highest BCUT2D eigenvalue weighted by molar-refractivity contribution is 7.13. The smallest absolute Gasteiger partial charge is 0.262 e. The number of carbonyl (C=O) groups excluding carboxylic acids is 1. The molecule has 1 aromatic carbocycles. The van der Waals surface area contributed by atoms with Crippen molar-refractivity contribution in [1.29, 1.82) is 0 Å². The van der Waals surface area contributed by atoms with Crippen molar-refractivity contribution in [2.45, 2.75) is 6.54 Å². The van der Waals surface area contributed by atoms with Gasteiger partial charge in [-0.15, -0.1) is 11.3 Å². The lowest BCUT2D eigenvalue weighted by molar-refractivity contribution is 0.102. The highest BCUT2D eigenvalue weighted by atomic mass is 35.5. The maximum Gasteiger partial charge on any atom is 0.262 e. The number of aromatic nitrogens is 5. The van der Waals surface area contributed by atoms with Crippen molar-refractivity contribution < 1.29 is 4.79 Å². The Morgan fingerprint density at radius 1 is 1.13 bits per heavy atom. The number of anilines is 1. The summed E-state index contributed by atoms with van der Waals surface area (Å²) in [5.41, 5.74) is 2.67. The van der Waals surface area contributed by atoms with Gasteiger partial charge in [0.1, 0.15) is 10.6 Å². The van der Waals surface area contributed by atoms with Gasteiger partial charge in [-0.1, -0.05) is 41.4 Å². The number of nitrogens with one attached hydrogen (secondary N) is 1. The molecule has 7 nitrogen and oxygen atoms in total. The van der Waals surface area contributed by atoms with E-state index in [4.69, 9.17) is 23.2 Å². The molecule has 0 saturated carbocycles. The molecule has 4 heterocycles. The molecule has 0 fully saturated rings. The number of nitrogens with zero attached hydrogens (tertiary/aromatic N) is 5. The number of rotatable bonds is 5. The normalized spacial score (nSPS) is 11.2. The van der Waals surface area contributed by atoms with E-state index in [-0.39, 0.29) is 11.7 Å². The molecular weight excluding hydrogens is 455 g/mol. The molecule has 0 radical (unpaired) electrons. The summed E-state index contributed by atoms with van der Waals surface area (Å²) >= 11 is 13.8. The van der Waals surface area contributed by atoms with Crippen molar-refractivity contribution in [3.63, 3.8) is 0 Å². The summed E-state index contributed by atoms with van der Waals surface area (Å²) in [5.74, 6) is -0.112. The van der Waals surface area contributed by atoms with Crippen molar-refractivity contribution in [1.82, 2.24) is 24.4 Å². The average Bonchev–Trinajstić information content (AvgIpc) is 3.50. The molecule has 5 rings (SSSR count). The van der Waals surface area contributed by atoms with Gasteiger partial charge in [0.15, 0.2) is 11.5 Å². The molecule has 1 amide bonds. The maximum absolute atomic E-state index is 12.9. The van der Waals surface area contributed by atoms with E-state index < -0.39 is 0 Å². The van der Waals surface area contributed by atoms with Crippen LogP contribution in [0, 0.1) is 0 Å². The Morgan fingerprint density at radius 2 is 1.97 bits per heavy atom. The minimum absolute atomic E-state index is 0.273. The van der Waals surface area contributed by atoms with Crippen LogP contribution in [0.5, 0.6) is 0 Å². The van der Waals surface area contributed by atoms with Crippen LogP contribution in [0.3, 0.4) is 0 Å². The fourth-order valence-electron chi connectivity index (χ4n) is 3.18. The van der Waals surface area contributed by atoms with Crippen LogP contribution < -0.4 is 5.32 Å². The maximum atomic E-state index is 12.9. The number of fused-ring (bicyclic) bond motifs is 1. The fraction of sp³-hybridized carbons (Fsp3) is 0.0476. The number of thiophene rings is 1. The Bertz CT molecular complexity index is 1380. The van der Waals surface area contributed by atoms with Gasteiger partial charge in [-0.25, -0.2) is 9.50 Å². The SMILES string of the molecule is O=C(Nc1nn(Cc2ccc(Cl)cc2)cc1Cl)c1cnn2c(-c3cccs3)ccnc12. The molecule has 0 spiro atoms.